The first-order valence-corrected chi connectivity index (χ1v) is 7.03. The van der Waals surface area contributed by atoms with Gasteiger partial charge in [-0.3, -0.25) is 0 Å². The van der Waals surface area contributed by atoms with Crippen molar-refractivity contribution in [2.75, 3.05) is 37.7 Å². The first kappa shape index (κ1) is 10.8. The summed E-state index contributed by atoms with van der Waals surface area (Å²) in [5, 5.41) is 3.61. The fourth-order valence-electron chi connectivity index (χ4n) is 1.94. The third-order valence-electron chi connectivity index (χ3n) is 3.01. The fraction of sp³-hybridized carbons (Fsp3) is 1.00. The molecule has 1 saturated carbocycles. The third kappa shape index (κ3) is 3.79. The Bertz CT molecular complexity index is 165. The van der Waals surface area contributed by atoms with Crippen LogP contribution in [0.2, 0.25) is 0 Å². The second kappa shape index (κ2) is 5.38. The van der Waals surface area contributed by atoms with E-state index in [0.29, 0.717) is 0 Å². The number of nitrogens with one attached hydrogen (secondary N) is 1. The van der Waals surface area contributed by atoms with Gasteiger partial charge in [-0.1, -0.05) is 6.92 Å². The van der Waals surface area contributed by atoms with Crippen molar-refractivity contribution >= 4 is 11.8 Å². The maximum atomic E-state index is 3.61. The standard InChI is InChI=1S/C11H22N2S/c1-10(8-12-11-2-3-11)9-13-4-6-14-7-5-13/h10-12H,2-9H2,1H3. The van der Waals surface area contributed by atoms with Crippen molar-refractivity contribution in [1.29, 1.82) is 0 Å². The van der Waals surface area contributed by atoms with Crippen LogP contribution in [0, 0.1) is 5.92 Å². The van der Waals surface area contributed by atoms with Gasteiger partial charge in [0, 0.05) is 37.2 Å². The number of hydrogen-bond acceptors (Lipinski definition) is 3. The monoisotopic (exact) mass is 214 g/mol. The highest BCUT2D eigenvalue weighted by Gasteiger charge is 2.21. The van der Waals surface area contributed by atoms with Crippen LogP contribution in [-0.2, 0) is 0 Å². The average Bonchev–Trinajstić information content (AvgIpc) is 3.00. The first-order valence-electron chi connectivity index (χ1n) is 5.88. The predicted molar refractivity (Wildman–Crippen MR) is 64.0 cm³/mol. The lowest BCUT2D eigenvalue weighted by Crippen LogP contribution is -2.38. The van der Waals surface area contributed by atoms with E-state index in [1.54, 1.807) is 0 Å². The molecule has 1 heterocycles. The van der Waals surface area contributed by atoms with E-state index in [0.717, 1.165) is 12.0 Å². The molecule has 2 aliphatic rings. The fourth-order valence-corrected chi connectivity index (χ4v) is 2.92. The van der Waals surface area contributed by atoms with E-state index in [1.165, 1.54) is 50.5 Å². The summed E-state index contributed by atoms with van der Waals surface area (Å²) in [5.41, 5.74) is 0. The van der Waals surface area contributed by atoms with Gasteiger partial charge >= 0.3 is 0 Å². The van der Waals surface area contributed by atoms with Gasteiger partial charge in [0.15, 0.2) is 0 Å². The lowest BCUT2D eigenvalue weighted by Gasteiger charge is -2.28. The Balaban J connectivity index is 1.57. The minimum absolute atomic E-state index is 0.818. The van der Waals surface area contributed by atoms with Crippen LogP contribution in [0.4, 0.5) is 0 Å². The maximum Gasteiger partial charge on any atom is 0.00728 e. The van der Waals surface area contributed by atoms with E-state index in [4.69, 9.17) is 0 Å². The quantitative estimate of drug-likeness (QED) is 0.745. The van der Waals surface area contributed by atoms with Crippen LogP contribution in [0.15, 0.2) is 0 Å². The molecule has 82 valence electrons. The van der Waals surface area contributed by atoms with Crippen LogP contribution in [0.25, 0.3) is 0 Å². The molecule has 0 bridgehead atoms. The van der Waals surface area contributed by atoms with Gasteiger partial charge in [-0.05, 0) is 25.3 Å². The Morgan fingerprint density at radius 1 is 1.36 bits per heavy atom. The Hall–Kier alpha value is 0.270. The largest absolute Gasteiger partial charge is 0.314 e. The van der Waals surface area contributed by atoms with E-state index < -0.39 is 0 Å². The average molecular weight is 214 g/mol. The summed E-state index contributed by atoms with van der Waals surface area (Å²) in [6, 6.07) is 0.870. The molecule has 0 aromatic carbocycles. The van der Waals surface area contributed by atoms with Crippen molar-refractivity contribution in [3.63, 3.8) is 0 Å². The van der Waals surface area contributed by atoms with Crippen molar-refractivity contribution in [3.8, 4) is 0 Å². The highest BCUT2D eigenvalue weighted by atomic mass is 32.2. The van der Waals surface area contributed by atoms with Crippen molar-refractivity contribution < 1.29 is 0 Å². The second-order valence-electron chi connectivity index (χ2n) is 4.70. The zero-order valence-electron chi connectivity index (χ0n) is 9.17. The lowest BCUT2D eigenvalue weighted by atomic mass is 10.1. The van der Waals surface area contributed by atoms with Gasteiger partial charge in [-0.15, -0.1) is 0 Å². The molecule has 1 aliphatic heterocycles. The molecular weight excluding hydrogens is 192 g/mol. The molecule has 1 N–H and O–H groups in total. The van der Waals surface area contributed by atoms with E-state index in [-0.39, 0.29) is 0 Å². The summed E-state index contributed by atoms with van der Waals surface area (Å²) < 4.78 is 0. The summed E-state index contributed by atoms with van der Waals surface area (Å²) in [6.45, 7) is 7.49. The topological polar surface area (TPSA) is 15.3 Å². The molecule has 2 rings (SSSR count). The highest BCUT2D eigenvalue weighted by Crippen LogP contribution is 2.19. The maximum absolute atomic E-state index is 3.61. The van der Waals surface area contributed by atoms with Crippen LogP contribution >= 0.6 is 11.8 Å². The van der Waals surface area contributed by atoms with Gasteiger partial charge in [0.2, 0.25) is 0 Å². The molecule has 2 nitrogen and oxygen atoms in total. The van der Waals surface area contributed by atoms with E-state index >= 15 is 0 Å². The van der Waals surface area contributed by atoms with E-state index in [1.807, 2.05) is 0 Å². The second-order valence-corrected chi connectivity index (χ2v) is 5.93. The molecule has 0 aromatic rings. The number of rotatable bonds is 5. The van der Waals surface area contributed by atoms with Crippen molar-refractivity contribution in [1.82, 2.24) is 10.2 Å². The van der Waals surface area contributed by atoms with Crippen molar-refractivity contribution in [2.24, 2.45) is 5.92 Å². The van der Waals surface area contributed by atoms with Gasteiger partial charge in [0.05, 0.1) is 0 Å². The molecule has 0 spiro atoms. The summed E-state index contributed by atoms with van der Waals surface area (Å²) in [4.78, 5) is 2.62. The smallest absolute Gasteiger partial charge is 0.00728 e. The van der Waals surface area contributed by atoms with Crippen LogP contribution in [0.1, 0.15) is 19.8 Å². The van der Waals surface area contributed by atoms with E-state index in [9.17, 15) is 0 Å². The number of thioether (sulfide) groups is 1. The molecule has 1 aliphatic carbocycles. The molecule has 3 heteroatoms. The van der Waals surface area contributed by atoms with Gasteiger partial charge in [-0.25, -0.2) is 0 Å². The lowest BCUT2D eigenvalue weighted by molar-refractivity contribution is 0.256. The first-order chi connectivity index (χ1) is 6.84. The molecule has 0 amide bonds. The summed E-state index contributed by atoms with van der Waals surface area (Å²) in [7, 11) is 0. The van der Waals surface area contributed by atoms with Crippen LogP contribution in [-0.4, -0.2) is 48.6 Å². The van der Waals surface area contributed by atoms with Crippen LogP contribution in [0.3, 0.4) is 0 Å². The Morgan fingerprint density at radius 2 is 2.07 bits per heavy atom. The summed E-state index contributed by atoms with van der Waals surface area (Å²) in [6.07, 6.45) is 2.82. The molecule has 2 fully saturated rings. The Morgan fingerprint density at radius 3 is 2.71 bits per heavy atom. The highest BCUT2D eigenvalue weighted by molar-refractivity contribution is 7.99. The van der Waals surface area contributed by atoms with Gasteiger partial charge in [-0.2, -0.15) is 11.8 Å². The number of hydrogen-bond donors (Lipinski definition) is 1. The normalized spacial score (nSPS) is 26.4. The molecule has 0 radical (unpaired) electrons. The van der Waals surface area contributed by atoms with Crippen molar-refractivity contribution in [3.05, 3.63) is 0 Å². The third-order valence-corrected chi connectivity index (χ3v) is 3.95. The molecule has 1 saturated heterocycles. The van der Waals surface area contributed by atoms with Gasteiger partial charge < -0.3 is 10.2 Å². The van der Waals surface area contributed by atoms with Crippen molar-refractivity contribution in [2.45, 2.75) is 25.8 Å². The minimum atomic E-state index is 0.818. The Labute approximate surface area is 91.8 Å². The molecule has 0 aromatic heterocycles. The zero-order chi connectivity index (χ0) is 9.80. The van der Waals surface area contributed by atoms with Crippen LogP contribution < -0.4 is 5.32 Å². The molecular formula is C11H22N2S. The number of nitrogens with zero attached hydrogens (tertiary/aromatic N) is 1. The summed E-state index contributed by atoms with van der Waals surface area (Å²) >= 11 is 2.10. The SMILES string of the molecule is CC(CNC1CC1)CN1CCSCC1. The summed E-state index contributed by atoms with van der Waals surface area (Å²) in [5.74, 6) is 3.49. The molecule has 1 atom stereocenters. The zero-order valence-corrected chi connectivity index (χ0v) is 9.98. The van der Waals surface area contributed by atoms with Gasteiger partial charge in [0.1, 0.15) is 0 Å². The minimum Gasteiger partial charge on any atom is -0.314 e. The predicted octanol–water partition coefficient (Wildman–Crippen LogP) is 1.42. The van der Waals surface area contributed by atoms with Crippen LogP contribution in [0.5, 0.6) is 0 Å². The van der Waals surface area contributed by atoms with Gasteiger partial charge in [0.25, 0.3) is 0 Å². The van der Waals surface area contributed by atoms with E-state index in [2.05, 4.69) is 28.9 Å². The Kier molecular flexibility index (Phi) is 4.14. The molecule has 1 unspecified atom stereocenters. The molecule has 14 heavy (non-hydrogen) atoms.